The molecule has 9 heteroatoms. The number of hydrogen-bond donors (Lipinski definition) is 1. The minimum Gasteiger partial charge on any atom is -0.338 e. The lowest BCUT2D eigenvalue weighted by Gasteiger charge is -2.16. The van der Waals surface area contributed by atoms with Gasteiger partial charge >= 0.3 is 0 Å². The average molecular weight is 366 g/mol. The molecule has 0 bridgehead atoms. The summed E-state index contributed by atoms with van der Waals surface area (Å²) >= 11 is 11.7. The standard InChI is InChI=1S/C13H12Cl2F2N3OP/c1-22(2,21)10-5-7(11(16)17)3-4-9(10)19-12-8(14)6-18-13(15)20-12/h3-6,11H,1-2H3,(H,18,19,20). The Morgan fingerprint density at radius 2 is 1.95 bits per heavy atom. The Balaban J connectivity index is 2.51. The van der Waals surface area contributed by atoms with E-state index < -0.39 is 13.6 Å². The second-order valence-corrected chi connectivity index (χ2v) is 8.82. The molecule has 0 radical (unpaired) electrons. The molecule has 0 aliphatic heterocycles. The highest BCUT2D eigenvalue weighted by Gasteiger charge is 2.20. The van der Waals surface area contributed by atoms with Crippen molar-refractivity contribution < 1.29 is 13.3 Å². The smallest absolute Gasteiger partial charge is 0.263 e. The molecule has 0 aliphatic rings. The van der Waals surface area contributed by atoms with Gasteiger partial charge in [-0.05, 0) is 37.1 Å². The normalized spacial score (nSPS) is 11.8. The molecular formula is C13H12Cl2F2N3OP. The van der Waals surface area contributed by atoms with Gasteiger partial charge in [0.1, 0.15) is 12.2 Å². The van der Waals surface area contributed by atoms with E-state index in [-0.39, 0.29) is 27.0 Å². The van der Waals surface area contributed by atoms with E-state index in [1.54, 1.807) is 0 Å². The highest BCUT2D eigenvalue weighted by molar-refractivity contribution is 7.70. The molecule has 0 saturated heterocycles. The molecule has 0 atom stereocenters. The molecular weight excluding hydrogens is 354 g/mol. The van der Waals surface area contributed by atoms with Gasteiger partial charge in [-0.3, -0.25) is 0 Å². The summed E-state index contributed by atoms with van der Waals surface area (Å²) in [6.07, 6.45) is -1.33. The van der Waals surface area contributed by atoms with E-state index in [2.05, 4.69) is 15.3 Å². The van der Waals surface area contributed by atoms with Crippen LogP contribution < -0.4 is 10.6 Å². The van der Waals surface area contributed by atoms with Crippen molar-refractivity contribution in [1.29, 1.82) is 0 Å². The van der Waals surface area contributed by atoms with Crippen molar-refractivity contribution in [3.63, 3.8) is 0 Å². The minimum atomic E-state index is -2.80. The molecule has 4 nitrogen and oxygen atoms in total. The highest BCUT2D eigenvalue weighted by Crippen LogP contribution is 2.40. The maximum Gasteiger partial charge on any atom is 0.263 e. The van der Waals surface area contributed by atoms with Crippen LogP contribution in [0, 0.1) is 0 Å². The molecule has 0 amide bonds. The third kappa shape index (κ3) is 3.94. The Hall–Kier alpha value is -1.23. The van der Waals surface area contributed by atoms with Gasteiger partial charge in [0, 0.05) is 10.9 Å². The van der Waals surface area contributed by atoms with Crippen molar-refractivity contribution in [3.05, 3.63) is 40.3 Å². The number of aromatic nitrogens is 2. The molecule has 0 saturated carbocycles. The van der Waals surface area contributed by atoms with E-state index in [9.17, 15) is 13.3 Å². The predicted molar refractivity (Wildman–Crippen MR) is 85.8 cm³/mol. The van der Waals surface area contributed by atoms with Crippen molar-refractivity contribution >= 4 is 47.2 Å². The van der Waals surface area contributed by atoms with Crippen LogP contribution in [0.25, 0.3) is 0 Å². The first kappa shape index (κ1) is 17.1. The summed E-state index contributed by atoms with van der Waals surface area (Å²) in [5.74, 6) is 0.209. The lowest BCUT2D eigenvalue weighted by atomic mass is 10.2. The zero-order chi connectivity index (χ0) is 16.5. The first-order valence-electron chi connectivity index (χ1n) is 6.11. The predicted octanol–water partition coefficient (Wildman–Crippen LogP) is 4.71. The first-order chi connectivity index (χ1) is 10.2. The van der Waals surface area contributed by atoms with Gasteiger partial charge in [-0.15, -0.1) is 0 Å². The van der Waals surface area contributed by atoms with E-state index in [0.29, 0.717) is 5.69 Å². The highest BCUT2D eigenvalue weighted by atomic mass is 35.5. The molecule has 2 rings (SSSR count). The largest absolute Gasteiger partial charge is 0.338 e. The molecule has 2 aromatic rings. The second kappa shape index (κ2) is 6.49. The second-order valence-electron chi connectivity index (χ2n) is 4.89. The molecule has 1 aromatic heterocycles. The summed E-state index contributed by atoms with van der Waals surface area (Å²) in [5, 5.41) is 3.34. The van der Waals surface area contributed by atoms with Crippen molar-refractivity contribution in [2.75, 3.05) is 18.6 Å². The molecule has 0 spiro atoms. The summed E-state index contributed by atoms with van der Waals surface area (Å²) in [6, 6.07) is 3.90. The van der Waals surface area contributed by atoms with E-state index in [0.717, 1.165) is 0 Å². The van der Waals surface area contributed by atoms with E-state index in [1.807, 2.05) is 0 Å². The van der Waals surface area contributed by atoms with Crippen LogP contribution in [0.3, 0.4) is 0 Å². The fourth-order valence-electron chi connectivity index (χ4n) is 1.80. The van der Waals surface area contributed by atoms with Crippen LogP contribution >= 0.6 is 30.3 Å². The van der Waals surface area contributed by atoms with Crippen molar-refractivity contribution in [2.24, 2.45) is 0 Å². The first-order valence-corrected chi connectivity index (χ1v) is 9.47. The lowest BCUT2D eigenvalue weighted by Crippen LogP contribution is -2.12. The van der Waals surface area contributed by atoms with Gasteiger partial charge in [-0.25, -0.2) is 13.8 Å². The summed E-state index contributed by atoms with van der Waals surface area (Å²) in [5.41, 5.74) is 0.186. The molecule has 118 valence electrons. The Morgan fingerprint density at radius 1 is 1.27 bits per heavy atom. The number of nitrogens with zero attached hydrogens (tertiary/aromatic N) is 2. The molecule has 0 aliphatic carbocycles. The molecule has 1 heterocycles. The fraction of sp³-hybridized carbons (Fsp3) is 0.231. The van der Waals surface area contributed by atoms with Crippen molar-refractivity contribution in [2.45, 2.75) is 6.43 Å². The van der Waals surface area contributed by atoms with Gasteiger partial charge in [0.2, 0.25) is 5.28 Å². The van der Waals surface area contributed by atoms with Crippen molar-refractivity contribution in [1.82, 2.24) is 9.97 Å². The fourth-order valence-corrected chi connectivity index (χ4v) is 3.24. The molecule has 0 unspecified atom stereocenters. The maximum atomic E-state index is 12.8. The summed E-state index contributed by atoms with van der Waals surface area (Å²) in [4.78, 5) is 7.64. The van der Waals surface area contributed by atoms with Gasteiger partial charge < -0.3 is 9.88 Å². The third-order valence-corrected chi connectivity index (χ3v) is 4.81. The molecule has 22 heavy (non-hydrogen) atoms. The Morgan fingerprint density at radius 3 is 2.55 bits per heavy atom. The Labute approximate surface area is 136 Å². The zero-order valence-corrected chi connectivity index (χ0v) is 14.1. The van der Waals surface area contributed by atoms with Crippen molar-refractivity contribution in [3.8, 4) is 0 Å². The van der Waals surface area contributed by atoms with Crippen LogP contribution in [0.5, 0.6) is 0 Å². The van der Waals surface area contributed by atoms with Crippen LogP contribution in [0.2, 0.25) is 10.3 Å². The SMILES string of the molecule is CP(C)(=O)c1cc(C(F)F)ccc1Nc1nc(Cl)ncc1Cl. The van der Waals surface area contributed by atoms with Gasteiger partial charge in [-0.2, -0.15) is 4.98 Å². The van der Waals surface area contributed by atoms with E-state index in [4.69, 9.17) is 23.2 Å². The number of rotatable bonds is 4. The molecule has 1 aromatic carbocycles. The number of benzene rings is 1. The van der Waals surface area contributed by atoms with Crippen LogP contribution in [-0.2, 0) is 4.57 Å². The zero-order valence-electron chi connectivity index (χ0n) is 11.6. The van der Waals surface area contributed by atoms with Gasteiger partial charge in [0.05, 0.1) is 11.9 Å². The third-order valence-electron chi connectivity index (χ3n) is 2.82. The monoisotopic (exact) mass is 365 g/mol. The molecule has 1 N–H and O–H groups in total. The van der Waals surface area contributed by atoms with Crippen LogP contribution in [-0.4, -0.2) is 23.3 Å². The van der Waals surface area contributed by atoms with Gasteiger partial charge in [0.25, 0.3) is 6.43 Å². The minimum absolute atomic E-state index is 0.0196. The van der Waals surface area contributed by atoms with Crippen LogP contribution in [0.4, 0.5) is 20.3 Å². The lowest BCUT2D eigenvalue weighted by molar-refractivity contribution is 0.151. The van der Waals surface area contributed by atoms with Crippen LogP contribution in [0.15, 0.2) is 24.4 Å². The average Bonchev–Trinajstić information content (AvgIpc) is 2.42. The molecule has 0 fully saturated rings. The number of alkyl halides is 2. The maximum absolute atomic E-state index is 12.8. The number of nitrogens with one attached hydrogen (secondary N) is 1. The number of hydrogen-bond acceptors (Lipinski definition) is 4. The summed E-state index contributed by atoms with van der Waals surface area (Å²) in [7, 11) is -2.80. The topological polar surface area (TPSA) is 54.9 Å². The summed E-state index contributed by atoms with van der Waals surface area (Å²) < 4.78 is 38.1. The number of halogens is 4. The quantitative estimate of drug-likeness (QED) is 0.629. The Kier molecular flexibility index (Phi) is 5.05. The van der Waals surface area contributed by atoms with E-state index >= 15 is 0 Å². The van der Waals surface area contributed by atoms with E-state index in [1.165, 1.54) is 37.7 Å². The number of anilines is 2. The van der Waals surface area contributed by atoms with Gasteiger partial charge in [0.15, 0.2) is 5.82 Å². The van der Waals surface area contributed by atoms with Gasteiger partial charge in [-0.1, -0.05) is 17.7 Å². The van der Waals surface area contributed by atoms with Crippen LogP contribution in [0.1, 0.15) is 12.0 Å². The summed E-state index contributed by atoms with van der Waals surface area (Å²) in [6.45, 7) is 2.99. The Bertz CT molecular complexity index is 752.